The van der Waals surface area contributed by atoms with E-state index in [1.807, 2.05) is 13.8 Å². The molecule has 0 unspecified atom stereocenters. The zero-order chi connectivity index (χ0) is 16.2. The Hall–Kier alpha value is -2.31. The van der Waals surface area contributed by atoms with Gasteiger partial charge in [0.25, 0.3) is 0 Å². The van der Waals surface area contributed by atoms with E-state index in [1.54, 1.807) is 18.7 Å². The number of hydrogen-bond acceptors (Lipinski definition) is 5. The van der Waals surface area contributed by atoms with Crippen molar-refractivity contribution in [3.05, 3.63) is 28.3 Å². The molecule has 0 radical (unpaired) electrons. The highest BCUT2D eigenvalue weighted by molar-refractivity contribution is 5.74. The molecule has 1 rings (SSSR count). The Labute approximate surface area is 123 Å². The lowest BCUT2D eigenvalue weighted by molar-refractivity contribution is -0.386. The Morgan fingerprint density at radius 3 is 2.43 bits per heavy atom. The average Bonchev–Trinajstić information content (AvgIpc) is 2.34. The SMILES string of the molecule is CC(C)Oc1cc(N(CC(=O)O)C(C)C)ccc1[N+](=O)[O-]. The van der Waals surface area contributed by atoms with E-state index in [0.717, 1.165) is 0 Å². The van der Waals surface area contributed by atoms with Crippen molar-refractivity contribution in [1.29, 1.82) is 0 Å². The summed E-state index contributed by atoms with van der Waals surface area (Å²) in [6.07, 6.45) is -0.217. The van der Waals surface area contributed by atoms with Crippen LogP contribution in [0.1, 0.15) is 27.7 Å². The van der Waals surface area contributed by atoms with Crippen molar-refractivity contribution < 1.29 is 19.6 Å². The summed E-state index contributed by atoms with van der Waals surface area (Å²) in [6, 6.07) is 4.33. The van der Waals surface area contributed by atoms with E-state index >= 15 is 0 Å². The predicted molar refractivity (Wildman–Crippen MR) is 79.0 cm³/mol. The number of hydrogen-bond donors (Lipinski definition) is 1. The van der Waals surface area contributed by atoms with Crippen LogP contribution < -0.4 is 9.64 Å². The molecule has 0 atom stereocenters. The quantitative estimate of drug-likeness (QED) is 0.614. The van der Waals surface area contributed by atoms with Gasteiger partial charge in [-0.2, -0.15) is 0 Å². The maximum absolute atomic E-state index is 11.0. The van der Waals surface area contributed by atoms with Crippen molar-refractivity contribution in [1.82, 2.24) is 0 Å². The fraction of sp³-hybridized carbons (Fsp3) is 0.500. The van der Waals surface area contributed by atoms with Gasteiger partial charge in [0.05, 0.1) is 11.0 Å². The minimum Gasteiger partial charge on any atom is -0.484 e. The fourth-order valence-electron chi connectivity index (χ4n) is 1.90. The van der Waals surface area contributed by atoms with Crippen LogP contribution in [0, 0.1) is 10.1 Å². The van der Waals surface area contributed by atoms with Crippen molar-refractivity contribution >= 4 is 17.3 Å². The van der Waals surface area contributed by atoms with Crippen LogP contribution in [0.2, 0.25) is 0 Å². The van der Waals surface area contributed by atoms with E-state index < -0.39 is 10.9 Å². The molecule has 0 aliphatic carbocycles. The minimum atomic E-state index is -0.964. The predicted octanol–water partition coefficient (Wildman–Crippen LogP) is 2.68. The molecule has 1 aromatic carbocycles. The van der Waals surface area contributed by atoms with Gasteiger partial charge in [-0.3, -0.25) is 14.9 Å². The molecule has 0 spiro atoms. The van der Waals surface area contributed by atoms with E-state index in [-0.39, 0.29) is 30.1 Å². The Balaban J connectivity index is 3.23. The summed E-state index contributed by atoms with van der Waals surface area (Å²) in [4.78, 5) is 23.1. The van der Waals surface area contributed by atoms with E-state index in [2.05, 4.69) is 0 Å². The van der Waals surface area contributed by atoms with E-state index in [1.165, 1.54) is 18.2 Å². The smallest absolute Gasteiger partial charge is 0.323 e. The van der Waals surface area contributed by atoms with E-state index in [0.29, 0.717) is 5.69 Å². The van der Waals surface area contributed by atoms with Crippen LogP contribution in [0.4, 0.5) is 11.4 Å². The van der Waals surface area contributed by atoms with Crippen LogP contribution in [0.15, 0.2) is 18.2 Å². The largest absolute Gasteiger partial charge is 0.484 e. The highest BCUT2D eigenvalue weighted by atomic mass is 16.6. The molecule has 0 aliphatic heterocycles. The van der Waals surface area contributed by atoms with Gasteiger partial charge in [0.15, 0.2) is 5.75 Å². The van der Waals surface area contributed by atoms with Gasteiger partial charge in [-0.05, 0) is 33.8 Å². The summed E-state index contributed by atoms with van der Waals surface area (Å²) in [6.45, 7) is 7.07. The topological polar surface area (TPSA) is 92.9 Å². The number of aliphatic carboxylic acids is 1. The Bertz CT molecular complexity index is 528. The summed E-state index contributed by atoms with van der Waals surface area (Å²) in [5.41, 5.74) is 0.445. The van der Waals surface area contributed by atoms with E-state index in [4.69, 9.17) is 9.84 Å². The number of rotatable bonds is 7. The average molecular weight is 296 g/mol. The highest BCUT2D eigenvalue weighted by Gasteiger charge is 2.21. The Morgan fingerprint density at radius 1 is 1.38 bits per heavy atom. The molecule has 116 valence electrons. The summed E-state index contributed by atoms with van der Waals surface area (Å²) < 4.78 is 5.47. The van der Waals surface area contributed by atoms with Gasteiger partial charge >= 0.3 is 11.7 Å². The number of benzene rings is 1. The van der Waals surface area contributed by atoms with Gasteiger partial charge in [-0.15, -0.1) is 0 Å². The first-order chi connectivity index (χ1) is 9.72. The molecule has 0 saturated carbocycles. The first-order valence-corrected chi connectivity index (χ1v) is 6.66. The minimum absolute atomic E-state index is 0.0607. The van der Waals surface area contributed by atoms with Crippen LogP contribution >= 0.6 is 0 Å². The van der Waals surface area contributed by atoms with Crippen LogP contribution in [0.25, 0.3) is 0 Å². The third-order valence-corrected chi connectivity index (χ3v) is 2.76. The third kappa shape index (κ3) is 4.62. The summed E-state index contributed by atoms with van der Waals surface area (Å²) in [7, 11) is 0. The number of anilines is 1. The molecule has 0 bridgehead atoms. The molecule has 21 heavy (non-hydrogen) atoms. The molecule has 0 fully saturated rings. The second-order valence-corrected chi connectivity index (χ2v) is 5.19. The van der Waals surface area contributed by atoms with Crippen molar-refractivity contribution in [3.63, 3.8) is 0 Å². The van der Waals surface area contributed by atoms with Crippen molar-refractivity contribution in [3.8, 4) is 5.75 Å². The molecule has 1 aromatic rings. The zero-order valence-corrected chi connectivity index (χ0v) is 12.6. The van der Waals surface area contributed by atoms with Crippen molar-refractivity contribution in [2.45, 2.75) is 39.8 Å². The molecular weight excluding hydrogens is 276 g/mol. The lowest BCUT2D eigenvalue weighted by atomic mass is 10.2. The highest BCUT2D eigenvalue weighted by Crippen LogP contribution is 2.33. The second-order valence-electron chi connectivity index (χ2n) is 5.19. The Kier molecular flexibility index (Phi) is 5.52. The molecule has 0 saturated heterocycles. The van der Waals surface area contributed by atoms with Crippen molar-refractivity contribution in [2.24, 2.45) is 0 Å². The van der Waals surface area contributed by atoms with Crippen LogP contribution in [-0.4, -0.2) is 34.7 Å². The molecule has 0 aliphatic rings. The van der Waals surface area contributed by atoms with Crippen LogP contribution in [-0.2, 0) is 4.79 Å². The van der Waals surface area contributed by atoms with Gasteiger partial charge in [0.2, 0.25) is 0 Å². The number of nitrogens with zero attached hydrogens (tertiary/aromatic N) is 2. The molecule has 7 heteroatoms. The monoisotopic (exact) mass is 296 g/mol. The third-order valence-electron chi connectivity index (χ3n) is 2.76. The maximum Gasteiger partial charge on any atom is 0.323 e. The standard InChI is InChI=1S/C14H20N2O5/c1-9(2)15(8-14(17)18)11-5-6-12(16(19)20)13(7-11)21-10(3)4/h5-7,9-10H,8H2,1-4H3,(H,17,18). The van der Waals surface area contributed by atoms with Gasteiger partial charge < -0.3 is 14.7 Å². The first-order valence-electron chi connectivity index (χ1n) is 6.66. The summed E-state index contributed by atoms with van der Waals surface area (Å²) in [5, 5.41) is 20.0. The fourth-order valence-corrected chi connectivity index (χ4v) is 1.90. The van der Waals surface area contributed by atoms with Gasteiger partial charge in [0, 0.05) is 23.9 Å². The van der Waals surface area contributed by atoms with Crippen LogP contribution in [0.5, 0.6) is 5.75 Å². The number of carbonyl (C=O) groups is 1. The normalized spacial score (nSPS) is 10.8. The number of carboxylic acids is 1. The molecule has 0 heterocycles. The number of carboxylic acid groups (broad SMARTS) is 1. The molecule has 0 amide bonds. The summed E-state index contributed by atoms with van der Waals surface area (Å²) >= 11 is 0. The lowest BCUT2D eigenvalue weighted by Gasteiger charge is -2.27. The van der Waals surface area contributed by atoms with E-state index in [9.17, 15) is 14.9 Å². The Morgan fingerprint density at radius 2 is 2.00 bits per heavy atom. The number of ether oxygens (including phenoxy) is 1. The molecule has 7 nitrogen and oxygen atoms in total. The van der Waals surface area contributed by atoms with Gasteiger partial charge in [-0.25, -0.2) is 0 Å². The molecule has 1 N–H and O–H groups in total. The lowest BCUT2D eigenvalue weighted by Crippen LogP contribution is -2.35. The first kappa shape index (κ1) is 16.7. The molecule has 0 aromatic heterocycles. The van der Waals surface area contributed by atoms with Crippen LogP contribution in [0.3, 0.4) is 0 Å². The number of nitro benzene ring substituents is 1. The number of nitro groups is 1. The summed E-state index contributed by atoms with van der Waals surface area (Å²) in [5.74, 6) is -0.822. The maximum atomic E-state index is 11.0. The second kappa shape index (κ2) is 6.92. The molecular formula is C14H20N2O5. The van der Waals surface area contributed by atoms with Gasteiger partial charge in [0.1, 0.15) is 6.54 Å². The van der Waals surface area contributed by atoms with Crippen molar-refractivity contribution in [2.75, 3.05) is 11.4 Å². The zero-order valence-electron chi connectivity index (χ0n) is 12.6. The van der Waals surface area contributed by atoms with Gasteiger partial charge in [-0.1, -0.05) is 0 Å².